The first-order chi connectivity index (χ1) is 6.95. The van der Waals surface area contributed by atoms with Crippen LogP contribution < -0.4 is 5.32 Å². The summed E-state index contributed by atoms with van der Waals surface area (Å²) in [6.07, 6.45) is 3.98. The summed E-state index contributed by atoms with van der Waals surface area (Å²) in [6.45, 7) is 2.14. The Kier molecular flexibility index (Phi) is 2.98. The Morgan fingerprint density at radius 1 is 1.07 bits per heavy atom. The van der Waals surface area contributed by atoms with Crippen molar-refractivity contribution in [1.29, 1.82) is 0 Å². The highest BCUT2D eigenvalue weighted by Gasteiger charge is 2.12. The molecule has 0 bridgehead atoms. The number of fused-ring (bicyclic) bond motifs is 3. The summed E-state index contributed by atoms with van der Waals surface area (Å²) in [6, 6.07) is 6.43. The van der Waals surface area contributed by atoms with E-state index < -0.39 is 0 Å². The summed E-state index contributed by atoms with van der Waals surface area (Å²) in [5, 5.41) is 4.64. The molecule has 0 spiro atoms. The third-order valence-corrected chi connectivity index (χ3v) is 2.94. The molecule has 0 saturated carbocycles. The predicted molar refractivity (Wildman–Crippen MR) is 63.7 cm³/mol. The van der Waals surface area contributed by atoms with Gasteiger partial charge in [-0.1, -0.05) is 12.1 Å². The number of nitrogens with one attached hydrogen (secondary N) is 1. The number of rotatable bonds is 0. The van der Waals surface area contributed by atoms with E-state index in [1.54, 1.807) is 6.26 Å². The minimum absolute atomic E-state index is 0. The van der Waals surface area contributed by atoms with Gasteiger partial charge in [-0.3, -0.25) is 0 Å². The van der Waals surface area contributed by atoms with Gasteiger partial charge in [-0.15, -0.1) is 12.4 Å². The molecule has 2 heterocycles. The summed E-state index contributed by atoms with van der Waals surface area (Å²) >= 11 is 0. The molecule has 80 valence electrons. The zero-order valence-electron chi connectivity index (χ0n) is 8.45. The first kappa shape index (κ1) is 10.5. The molecule has 1 aliphatic heterocycles. The molecule has 0 radical (unpaired) electrons. The molecule has 0 fully saturated rings. The smallest absolute Gasteiger partial charge is 0.137 e. The number of halogens is 1. The fourth-order valence-corrected chi connectivity index (χ4v) is 2.20. The van der Waals surface area contributed by atoms with E-state index >= 15 is 0 Å². The molecule has 1 N–H and O–H groups in total. The lowest BCUT2D eigenvalue weighted by atomic mass is 10.0. The molecule has 1 aromatic heterocycles. The summed E-state index contributed by atoms with van der Waals surface area (Å²) in [5.74, 6) is 0. The quantitative estimate of drug-likeness (QED) is 0.743. The number of furan rings is 1. The van der Waals surface area contributed by atoms with Crippen LogP contribution in [0.3, 0.4) is 0 Å². The summed E-state index contributed by atoms with van der Waals surface area (Å²) in [4.78, 5) is 0. The molecule has 3 rings (SSSR count). The Hall–Kier alpha value is -0.990. The summed E-state index contributed by atoms with van der Waals surface area (Å²) in [5.41, 5.74) is 3.93. The lowest BCUT2D eigenvalue weighted by molar-refractivity contribution is 0.609. The van der Waals surface area contributed by atoms with Crippen LogP contribution in [0.15, 0.2) is 28.9 Å². The van der Waals surface area contributed by atoms with Gasteiger partial charge in [-0.2, -0.15) is 0 Å². The molecule has 0 aliphatic carbocycles. The van der Waals surface area contributed by atoms with Crippen molar-refractivity contribution in [2.75, 3.05) is 13.1 Å². The third-order valence-electron chi connectivity index (χ3n) is 2.94. The van der Waals surface area contributed by atoms with Crippen LogP contribution in [0.25, 0.3) is 11.0 Å². The van der Waals surface area contributed by atoms with Crippen molar-refractivity contribution in [3.63, 3.8) is 0 Å². The van der Waals surface area contributed by atoms with Gasteiger partial charge in [0.25, 0.3) is 0 Å². The van der Waals surface area contributed by atoms with Crippen LogP contribution in [0, 0.1) is 0 Å². The highest BCUT2D eigenvalue weighted by atomic mass is 35.5. The Morgan fingerprint density at radius 2 is 1.93 bits per heavy atom. The fraction of sp³-hybridized carbons (Fsp3) is 0.333. The van der Waals surface area contributed by atoms with Crippen molar-refractivity contribution in [2.45, 2.75) is 12.8 Å². The molecule has 0 unspecified atom stereocenters. The maximum Gasteiger partial charge on any atom is 0.137 e. The standard InChI is InChI=1S/C12H13NO.ClH/c1-2-10-5-8-14-12(10)11-4-7-13-6-3-9(1)11;/h1-2,5,8,13H,3-4,6-7H2;1H. The second kappa shape index (κ2) is 4.25. The maximum atomic E-state index is 5.54. The first-order valence-corrected chi connectivity index (χ1v) is 5.14. The van der Waals surface area contributed by atoms with E-state index in [2.05, 4.69) is 17.4 Å². The lowest BCUT2D eigenvalue weighted by Gasteiger charge is -2.04. The zero-order chi connectivity index (χ0) is 9.38. The molecule has 0 atom stereocenters. The fourth-order valence-electron chi connectivity index (χ4n) is 2.20. The van der Waals surface area contributed by atoms with Gasteiger partial charge in [0.15, 0.2) is 0 Å². The Morgan fingerprint density at radius 3 is 2.87 bits per heavy atom. The largest absolute Gasteiger partial charge is 0.464 e. The van der Waals surface area contributed by atoms with Crippen molar-refractivity contribution >= 4 is 23.4 Å². The number of hydrogen-bond acceptors (Lipinski definition) is 2. The van der Waals surface area contributed by atoms with Crippen LogP contribution in [0.5, 0.6) is 0 Å². The maximum absolute atomic E-state index is 5.54. The average Bonchev–Trinajstić information content (AvgIpc) is 2.55. The van der Waals surface area contributed by atoms with Crippen molar-refractivity contribution in [3.05, 3.63) is 35.6 Å². The first-order valence-electron chi connectivity index (χ1n) is 5.14. The van der Waals surface area contributed by atoms with Gasteiger partial charge >= 0.3 is 0 Å². The van der Waals surface area contributed by atoms with E-state index in [4.69, 9.17) is 4.42 Å². The molecule has 0 amide bonds. The van der Waals surface area contributed by atoms with E-state index in [1.165, 1.54) is 16.5 Å². The van der Waals surface area contributed by atoms with Crippen molar-refractivity contribution in [2.24, 2.45) is 0 Å². The van der Waals surface area contributed by atoms with Crippen LogP contribution in [0.2, 0.25) is 0 Å². The Balaban J connectivity index is 0.000000853. The monoisotopic (exact) mass is 223 g/mol. The van der Waals surface area contributed by atoms with Crippen molar-refractivity contribution in [1.82, 2.24) is 5.32 Å². The highest BCUT2D eigenvalue weighted by Crippen LogP contribution is 2.25. The van der Waals surface area contributed by atoms with Gasteiger partial charge in [0.1, 0.15) is 5.58 Å². The van der Waals surface area contributed by atoms with E-state index in [0.29, 0.717) is 0 Å². The normalized spacial score (nSPS) is 15.5. The van der Waals surface area contributed by atoms with Crippen LogP contribution in [0.1, 0.15) is 11.1 Å². The molecule has 3 heteroatoms. The minimum Gasteiger partial charge on any atom is -0.464 e. The van der Waals surface area contributed by atoms with E-state index in [9.17, 15) is 0 Å². The molecule has 1 aliphatic rings. The molecule has 0 saturated heterocycles. The lowest BCUT2D eigenvalue weighted by Crippen LogP contribution is -2.16. The topological polar surface area (TPSA) is 25.2 Å². The van der Waals surface area contributed by atoms with Crippen LogP contribution in [-0.2, 0) is 12.8 Å². The van der Waals surface area contributed by atoms with Gasteiger partial charge in [0, 0.05) is 5.39 Å². The van der Waals surface area contributed by atoms with Gasteiger partial charge < -0.3 is 9.73 Å². The van der Waals surface area contributed by atoms with Crippen LogP contribution >= 0.6 is 12.4 Å². The van der Waals surface area contributed by atoms with Crippen molar-refractivity contribution in [3.8, 4) is 0 Å². The molecule has 1 aromatic carbocycles. The van der Waals surface area contributed by atoms with Gasteiger partial charge in [0.2, 0.25) is 0 Å². The SMILES string of the molecule is Cl.c1cc2ccc3c(c2o1)CCNCC3. The zero-order valence-corrected chi connectivity index (χ0v) is 9.27. The predicted octanol–water partition coefficient (Wildman–Crippen LogP) is 2.54. The van der Waals surface area contributed by atoms with Crippen LogP contribution in [-0.4, -0.2) is 13.1 Å². The molecule has 2 nitrogen and oxygen atoms in total. The van der Waals surface area contributed by atoms with Gasteiger partial charge in [0.05, 0.1) is 6.26 Å². The molecular formula is C12H14ClNO. The second-order valence-electron chi connectivity index (χ2n) is 3.79. The van der Waals surface area contributed by atoms with Crippen LogP contribution in [0.4, 0.5) is 0 Å². The highest BCUT2D eigenvalue weighted by molar-refractivity contribution is 5.85. The Labute approximate surface area is 95.1 Å². The number of benzene rings is 1. The third kappa shape index (κ3) is 1.75. The molecular weight excluding hydrogens is 210 g/mol. The van der Waals surface area contributed by atoms with E-state index in [1.807, 2.05) is 6.07 Å². The summed E-state index contributed by atoms with van der Waals surface area (Å²) < 4.78 is 5.54. The van der Waals surface area contributed by atoms with E-state index in [0.717, 1.165) is 31.5 Å². The van der Waals surface area contributed by atoms with E-state index in [-0.39, 0.29) is 12.4 Å². The Bertz CT molecular complexity index is 464. The number of hydrogen-bond donors (Lipinski definition) is 1. The van der Waals surface area contributed by atoms with Crippen molar-refractivity contribution < 1.29 is 4.42 Å². The average molecular weight is 224 g/mol. The molecule has 15 heavy (non-hydrogen) atoms. The van der Waals surface area contributed by atoms with Gasteiger partial charge in [-0.25, -0.2) is 0 Å². The second-order valence-corrected chi connectivity index (χ2v) is 3.79. The molecule has 2 aromatic rings. The summed E-state index contributed by atoms with van der Waals surface area (Å²) in [7, 11) is 0. The minimum atomic E-state index is 0. The van der Waals surface area contributed by atoms with Gasteiger partial charge in [-0.05, 0) is 43.1 Å².